The van der Waals surface area contributed by atoms with Crippen molar-refractivity contribution in [1.29, 1.82) is 0 Å². The average Bonchev–Trinajstić information content (AvgIpc) is 2.65. The highest BCUT2D eigenvalue weighted by Crippen LogP contribution is 2.20. The number of amides is 1. The molecular formula is C19H14Br2N2O3S. The van der Waals surface area contributed by atoms with Crippen molar-refractivity contribution in [2.45, 2.75) is 4.90 Å². The van der Waals surface area contributed by atoms with Crippen molar-refractivity contribution >= 4 is 59.2 Å². The predicted octanol–water partition coefficient (Wildman–Crippen LogP) is 5.26. The van der Waals surface area contributed by atoms with E-state index < -0.39 is 10.0 Å². The van der Waals surface area contributed by atoms with E-state index in [4.69, 9.17) is 0 Å². The van der Waals surface area contributed by atoms with Crippen LogP contribution in [-0.4, -0.2) is 14.3 Å². The Morgan fingerprint density at radius 2 is 1.19 bits per heavy atom. The summed E-state index contributed by atoms with van der Waals surface area (Å²) in [7, 11) is -3.73. The van der Waals surface area contributed by atoms with Gasteiger partial charge in [-0.15, -0.1) is 0 Å². The quantitative estimate of drug-likeness (QED) is 0.492. The molecule has 0 saturated carbocycles. The second-order valence-corrected chi connectivity index (χ2v) is 9.11. The number of carbonyl (C=O) groups excluding carboxylic acids is 1. The van der Waals surface area contributed by atoms with Crippen LogP contribution in [0.25, 0.3) is 0 Å². The van der Waals surface area contributed by atoms with Crippen molar-refractivity contribution in [3.8, 4) is 0 Å². The second kappa shape index (κ2) is 8.24. The molecule has 5 nitrogen and oxygen atoms in total. The van der Waals surface area contributed by atoms with E-state index in [1.807, 2.05) is 12.1 Å². The van der Waals surface area contributed by atoms with Gasteiger partial charge in [0.15, 0.2) is 0 Å². The van der Waals surface area contributed by atoms with Gasteiger partial charge in [-0.1, -0.05) is 31.9 Å². The first-order valence-electron chi connectivity index (χ1n) is 7.79. The zero-order valence-corrected chi connectivity index (χ0v) is 17.8. The Bertz CT molecular complexity index is 1050. The summed E-state index contributed by atoms with van der Waals surface area (Å²) >= 11 is 6.63. The van der Waals surface area contributed by atoms with Crippen LogP contribution in [0.15, 0.2) is 86.6 Å². The summed E-state index contributed by atoms with van der Waals surface area (Å²) in [5.74, 6) is -0.317. The Morgan fingerprint density at radius 3 is 1.70 bits per heavy atom. The topological polar surface area (TPSA) is 75.3 Å². The van der Waals surface area contributed by atoms with E-state index in [2.05, 4.69) is 41.9 Å². The fourth-order valence-corrected chi connectivity index (χ4v) is 3.84. The molecule has 3 rings (SSSR count). The first-order chi connectivity index (χ1) is 12.8. The van der Waals surface area contributed by atoms with Crippen LogP contribution in [-0.2, 0) is 10.0 Å². The normalized spacial score (nSPS) is 11.0. The molecular weight excluding hydrogens is 496 g/mol. The average molecular weight is 510 g/mol. The van der Waals surface area contributed by atoms with Gasteiger partial charge in [0.2, 0.25) is 0 Å². The van der Waals surface area contributed by atoms with E-state index in [0.29, 0.717) is 16.9 Å². The molecule has 0 fully saturated rings. The molecule has 3 aromatic rings. The monoisotopic (exact) mass is 508 g/mol. The van der Waals surface area contributed by atoms with Crippen molar-refractivity contribution in [2.24, 2.45) is 0 Å². The van der Waals surface area contributed by atoms with Crippen LogP contribution in [0.1, 0.15) is 10.4 Å². The molecule has 1 amide bonds. The lowest BCUT2D eigenvalue weighted by Crippen LogP contribution is -2.14. The molecule has 138 valence electrons. The molecule has 27 heavy (non-hydrogen) atoms. The van der Waals surface area contributed by atoms with Gasteiger partial charge in [0.1, 0.15) is 0 Å². The largest absolute Gasteiger partial charge is 0.322 e. The van der Waals surface area contributed by atoms with Gasteiger partial charge < -0.3 is 5.32 Å². The lowest BCUT2D eigenvalue weighted by atomic mass is 10.2. The molecule has 0 radical (unpaired) electrons. The number of hydrogen-bond donors (Lipinski definition) is 2. The van der Waals surface area contributed by atoms with Crippen LogP contribution >= 0.6 is 31.9 Å². The van der Waals surface area contributed by atoms with Crippen molar-refractivity contribution < 1.29 is 13.2 Å². The number of anilines is 2. The van der Waals surface area contributed by atoms with Crippen LogP contribution in [0.5, 0.6) is 0 Å². The minimum atomic E-state index is -3.73. The van der Waals surface area contributed by atoms with Crippen molar-refractivity contribution in [3.63, 3.8) is 0 Å². The van der Waals surface area contributed by atoms with Gasteiger partial charge in [0.05, 0.1) is 4.90 Å². The summed E-state index contributed by atoms with van der Waals surface area (Å²) < 4.78 is 29.2. The van der Waals surface area contributed by atoms with Crippen LogP contribution in [0.4, 0.5) is 11.4 Å². The molecule has 0 spiro atoms. The Morgan fingerprint density at radius 1 is 0.704 bits per heavy atom. The Balaban J connectivity index is 1.72. The molecule has 8 heteroatoms. The van der Waals surface area contributed by atoms with Gasteiger partial charge in [-0.3, -0.25) is 9.52 Å². The molecule has 0 aliphatic heterocycles. The van der Waals surface area contributed by atoms with Crippen molar-refractivity contribution in [2.75, 3.05) is 10.0 Å². The van der Waals surface area contributed by atoms with Crippen molar-refractivity contribution in [3.05, 3.63) is 87.3 Å². The van der Waals surface area contributed by atoms with E-state index in [1.165, 1.54) is 24.3 Å². The number of nitrogens with one attached hydrogen (secondary N) is 2. The third kappa shape index (κ3) is 5.18. The highest BCUT2D eigenvalue weighted by Gasteiger charge is 2.15. The summed E-state index contributed by atoms with van der Waals surface area (Å²) in [4.78, 5) is 12.4. The standard InChI is InChI=1S/C19H14Br2N2O3S/c20-14-3-7-16(8-4-14)22-19(24)13-1-11-18(12-2-13)27(25,26)23-17-9-5-15(21)6-10-17/h1-12,23H,(H,22,24). The minimum absolute atomic E-state index is 0.0746. The molecule has 0 unspecified atom stereocenters. The van der Waals surface area contributed by atoms with E-state index in [9.17, 15) is 13.2 Å². The predicted molar refractivity (Wildman–Crippen MR) is 113 cm³/mol. The van der Waals surface area contributed by atoms with Crippen LogP contribution < -0.4 is 10.0 Å². The molecule has 0 saturated heterocycles. The highest BCUT2D eigenvalue weighted by molar-refractivity contribution is 9.10. The molecule has 0 aromatic heterocycles. The lowest BCUT2D eigenvalue weighted by Gasteiger charge is -2.09. The summed E-state index contributed by atoms with van der Waals surface area (Å²) in [5.41, 5.74) is 1.47. The fraction of sp³-hybridized carbons (Fsp3) is 0. The van der Waals surface area contributed by atoms with Gasteiger partial charge in [-0.2, -0.15) is 0 Å². The third-order valence-electron chi connectivity index (χ3n) is 3.63. The first kappa shape index (κ1) is 19.6. The van der Waals surface area contributed by atoms with Gasteiger partial charge in [-0.05, 0) is 72.8 Å². The molecule has 0 bridgehead atoms. The number of halogens is 2. The van der Waals surface area contributed by atoms with Gasteiger partial charge in [0, 0.05) is 25.9 Å². The molecule has 3 aromatic carbocycles. The van der Waals surface area contributed by atoms with Gasteiger partial charge in [0.25, 0.3) is 15.9 Å². The maximum Gasteiger partial charge on any atom is 0.261 e. The molecule has 0 aliphatic carbocycles. The fourth-order valence-electron chi connectivity index (χ4n) is 2.25. The van der Waals surface area contributed by atoms with Crippen LogP contribution in [0, 0.1) is 0 Å². The number of hydrogen-bond acceptors (Lipinski definition) is 3. The smallest absolute Gasteiger partial charge is 0.261 e. The highest BCUT2D eigenvalue weighted by atomic mass is 79.9. The molecule has 0 heterocycles. The Kier molecular flexibility index (Phi) is 5.98. The maximum atomic E-state index is 12.5. The summed E-state index contributed by atoms with van der Waals surface area (Å²) in [6, 6.07) is 19.7. The summed E-state index contributed by atoms with van der Waals surface area (Å²) in [6.45, 7) is 0. The number of benzene rings is 3. The summed E-state index contributed by atoms with van der Waals surface area (Å²) in [5, 5.41) is 2.76. The van der Waals surface area contributed by atoms with E-state index in [0.717, 1.165) is 8.95 Å². The number of carbonyl (C=O) groups is 1. The second-order valence-electron chi connectivity index (χ2n) is 5.60. The zero-order valence-electron chi connectivity index (χ0n) is 13.8. The Labute approximate surface area is 174 Å². The number of rotatable bonds is 5. The van der Waals surface area contributed by atoms with E-state index >= 15 is 0 Å². The number of sulfonamides is 1. The lowest BCUT2D eigenvalue weighted by molar-refractivity contribution is 0.102. The van der Waals surface area contributed by atoms with E-state index in [-0.39, 0.29) is 10.8 Å². The SMILES string of the molecule is O=C(Nc1ccc(Br)cc1)c1ccc(S(=O)(=O)Nc2ccc(Br)cc2)cc1. The maximum absolute atomic E-state index is 12.5. The van der Waals surface area contributed by atoms with Gasteiger partial charge >= 0.3 is 0 Å². The van der Waals surface area contributed by atoms with Crippen LogP contribution in [0.3, 0.4) is 0 Å². The molecule has 2 N–H and O–H groups in total. The Hall–Kier alpha value is -2.16. The van der Waals surface area contributed by atoms with Crippen LogP contribution in [0.2, 0.25) is 0 Å². The first-order valence-corrected chi connectivity index (χ1v) is 10.9. The van der Waals surface area contributed by atoms with E-state index in [1.54, 1.807) is 36.4 Å². The molecule has 0 aliphatic rings. The molecule has 0 atom stereocenters. The third-order valence-corrected chi connectivity index (χ3v) is 6.08. The minimum Gasteiger partial charge on any atom is -0.322 e. The zero-order chi connectivity index (χ0) is 19.4. The van der Waals surface area contributed by atoms with Gasteiger partial charge in [-0.25, -0.2) is 8.42 Å². The van der Waals surface area contributed by atoms with Crippen molar-refractivity contribution in [1.82, 2.24) is 0 Å². The summed E-state index contributed by atoms with van der Waals surface area (Å²) in [6.07, 6.45) is 0.